The van der Waals surface area contributed by atoms with Gasteiger partial charge in [0.25, 0.3) is 0 Å². The van der Waals surface area contributed by atoms with Crippen LogP contribution in [0.5, 0.6) is 0 Å². The number of nitrogens with two attached hydrogens (primary N) is 2. The molecule has 0 amide bonds. The fourth-order valence-electron chi connectivity index (χ4n) is 1.09. The van der Waals surface area contributed by atoms with Crippen LogP contribution >= 0.6 is 11.6 Å². The Morgan fingerprint density at radius 3 is 2.69 bits per heavy atom. The molecule has 0 saturated heterocycles. The molecule has 1 aromatic rings. The highest BCUT2D eigenvalue weighted by Gasteiger charge is 2.00. The van der Waals surface area contributed by atoms with Crippen molar-refractivity contribution in [3.63, 3.8) is 0 Å². The lowest BCUT2D eigenvalue weighted by Gasteiger charge is -2.03. The molecule has 0 aliphatic carbocycles. The van der Waals surface area contributed by atoms with Crippen LogP contribution in [-0.2, 0) is 6.42 Å². The van der Waals surface area contributed by atoms with E-state index in [0.29, 0.717) is 5.02 Å². The molecule has 0 aliphatic rings. The Hall–Kier alpha value is -1.22. The van der Waals surface area contributed by atoms with E-state index >= 15 is 0 Å². The minimum atomic E-state index is 0.0667. The van der Waals surface area contributed by atoms with E-state index in [-0.39, 0.29) is 5.96 Å². The molecule has 4 heteroatoms. The molecule has 0 aromatic heterocycles. The van der Waals surface area contributed by atoms with E-state index in [0.717, 1.165) is 17.7 Å². The van der Waals surface area contributed by atoms with Gasteiger partial charge in [-0.1, -0.05) is 18.5 Å². The van der Waals surface area contributed by atoms with Gasteiger partial charge in [0.2, 0.25) is 0 Å². The van der Waals surface area contributed by atoms with E-state index in [1.165, 1.54) is 0 Å². The Morgan fingerprint density at radius 2 is 2.15 bits per heavy atom. The summed E-state index contributed by atoms with van der Waals surface area (Å²) in [5.74, 6) is 0.0667. The molecule has 0 radical (unpaired) electrons. The Kier molecular flexibility index (Phi) is 3.14. The fraction of sp³-hybridized carbons (Fsp3) is 0.222. The van der Waals surface area contributed by atoms with Gasteiger partial charge in [0.05, 0.1) is 5.69 Å². The number of guanidine groups is 1. The molecular formula is C9H12ClN3. The minimum Gasteiger partial charge on any atom is -0.370 e. The van der Waals surface area contributed by atoms with Crippen LogP contribution in [0.2, 0.25) is 5.02 Å². The SMILES string of the molecule is CCc1cc(Cl)ccc1N=C(N)N. The summed E-state index contributed by atoms with van der Waals surface area (Å²) >= 11 is 5.82. The van der Waals surface area contributed by atoms with E-state index in [1.807, 2.05) is 13.0 Å². The van der Waals surface area contributed by atoms with Gasteiger partial charge in [-0.3, -0.25) is 0 Å². The van der Waals surface area contributed by atoms with Crippen LogP contribution in [0, 0.1) is 0 Å². The molecule has 0 aliphatic heterocycles. The van der Waals surface area contributed by atoms with Crippen molar-refractivity contribution in [1.82, 2.24) is 0 Å². The Bertz CT molecular complexity index is 330. The predicted octanol–water partition coefficient (Wildman–Crippen LogP) is 1.81. The number of aryl methyl sites for hydroxylation is 1. The maximum absolute atomic E-state index is 5.82. The van der Waals surface area contributed by atoms with Crippen LogP contribution in [0.1, 0.15) is 12.5 Å². The highest BCUT2D eigenvalue weighted by atomic mass is 35.5. The first-order valence-corrected chi connectivity index (χ1v) is 4.39. The maximum atomic E-state index is 5.82. The second-order valence-corrected chi connectivity index (χ2v) is 3.10. The van der Waals surface area contributed by atoms with E-state index in [1.54, 1.807) is 12.1 Å². The van der Waals surface area contributed by atoms with Crippen LogP contribution in [-0.4, -0.2) is 5.96 Å². The topological polar surface area (TPSA) is 64.4 Å². The van der Waals surface area contributed by atoms with Gasteiger partial charge in [0, 0.05) is 5.02 Å². The molecule has 0 unspecified atom stereocenters. The van der Waals surface area contributed by atoms with Gasteiger partial charge in [0.1, 0.15) is 0 Å². The monoisotopic (exact) mass is 197 g/mol. The summed E-state index contributed by atoms with van der Waals surface area (Å²) in [7, 11) is 0. The molecule has 1 aromatic carbocycles. The van der Waals surface area contributed by atoms with Crippen molar-refractivity contribution in [2.45, 2.75) is 13.3 Å². The molecule has 0 fully saturated rings. The highest BCUT2D eigenvalue weighted by Crippen LogP contribution is 2.23. The van der Waals surface area contributed by atoms with E-state index < -0.39 is 0 Å². The molecule has 70 valence electrons. The van der Waals surface area contributed by atoms with Gasteiger partial charge in [-0.15, -0.1) is 0 Å². The van der Waals surface area contributed by atoms with Gasteiger partial charge in [-0.05, 0) is 30.2 Å². The van der Waals surface area contributed by atoms with Crippen molar-refractivity contribution >= 4 is 23.2 Å². The molecule has 13 heavy (non-hydrogen) atoms. The number of benzene rings is 1. The summed E-state index contributed by atoms with van der Waals surface area (Å²) in [5.41, 5.74) is 12.4. The zero-order valence-corrected chi connectivity index (χ0v) is 8.17. The minimum absolute atomic E-state index is 0.0667. The van der Waals surface area contributed by atoms with Crippen molar-refractivity contribution in [2.24, 2.45) is 16.5 Å². The molecule has 3 nitrogen and oxygen atoms in total. The van der Waals surface area contributed by atoms with Crippen LogP contribution in [0.25, 0.3) is 0 Å². The van der Waals surface area contributed by atoms with Gasteiger partial charge < -0.3 is 11.5 Å². The second kappa shape index (κ2) is 4.14. The van der Waals surface area contributed by atoms with Crippen molar-refractivity contribution in [3.8, 4) is 0 Å². The molecule has 0 spiro atoms. The largest absolute Gasteiger partial charge is 0.370 e. The Labute approximate surface area is 82.4 Å². The van der Waals surface area contributed by atoms with Crippen molar-refractivity contribution < 1.29 is 0 Å². The van der Waals surface area contributed by atoms with Gasteiger partial charge >= 0.3 is 0 Å². The van der Waals surface area contributed by atoms with E-state index in [4.69, 9.17) is 23.1 Å². The van der Waals surface area contributed by atoms with Gasteiger partial charge in [-0.25, -0.2) is 4.99 Å². The normalized spacial score (nSPS) is 9.69. The van der Waals surface area contributed by atoms with Crippen LogP contribution < -0.4 is 11.5 Å². The Morgan fingerprint density at radius 1 is 1.46 bits per heavy atom. The molecule has 4 N–H and O–H groups in total. The van der Waals surface area contributed by atoms with E-state index in [9.17, 15) is 0 Å². The predicted molar refractivity (Wildman–Crippen MR) is 56.3 cm³/mol. The third-order valence-corrected chi connectivity index (χ3v) is 1.91. The first-order chi connectivity index (χ1) is 6.13. The highest BCUT2D eigenvalue weighted by molar-refractivity contribution is 6.30. The van der Waals surface area contributed by atoms with Crippen LogP contribution in [0.4, 0.5) is 5.69 Å². The summed E-state index contributed by atoms with van der Waals surface area (Å²) in [6.45, 7) is 2.03. The second-order valence-electron chi connectivity index (χ2n) is 2.66. The summed E-state index contributed by atoms with van der Waals surface area (Å²) in [4.78, 5) is 3.98. The number of aliphatic imine (C=N–C) groups is 1. The quantitative estimate of drug-likeness (QED) is 0.561. The lowest BCUT2D eigenvalue weighted by atomic mass is 10.1. The maximum Gasteiger partial charge on any atom is 0.191 e. The molecule has 1 rings (SSSR count). The van der Waals surface area contributed by atoms with Crippen molar-refractivity contribution in [1.29, 1.82) is 0 Å². The molecule has 0 saturated carbocycles. The van der Waals surface area contributed by atoms with E-state index in [2.05, 4.69) is 4.99 Å². The average Bonchev–Trinajstić information content (AvgIpc) is 2.07. The first-order valence-electron chi connectivity index (χ1n) is 4.01. The third-order valence-electron chi connectivity index (χ3n) is 1.67. The third kappa shape index (κ3) is 2.63. The van der Waals surface area contributed by atoms with Crippen molar-refractivity contribution in [2.75, 3.05) is 0 Å². The molecule has 0 atom stereocenters. The summed E-state index contributed by atoms with van der Waals surface area (Å²) < 4.78 is 0. The lowest BCUT2D eigenvalue weighted by molar-refractivity contribution is 1.13. The number of rotatable bonds is 2. The number of halogens is 1. The summed E-state index contributed by atoms with van der Waals surface area (Å²) in [6, 6.07) is 5.44. The smallest absolute Gasteiger partial charge is 0.191 e. The number of hydrogen-bond acceptors (Lipinski definition) is 1. The zero-order valence-electron chi connectivity index (χ0n) is 7.42. The zero-order chi connectivity index (χ0) is 9.84. The van der Waals surface area contributed by atoms with Crippen molar-refractivity contribution in [3.05, 3.63) is 28.8 Å². The molecule has 0 heterocycles. The standard InChI is InChI=1S/C9H12ClN3/c1-2-6-5-7(10)3-4-8(6)13-9(11)12/h3-5H,2H2,1H3,(H4,11,12,13). The van der Waals surface area contributed by atoms with Crippen LogP contribution in [0.3, 0.4) is 0 Å². The van der Waals surface area contributed by atoms with Gasteiger partial charge in [-0.2, -0.15) is 0 Å². The van der Waals surface area contributed by atoms with Crippen LogP contribution in [0.15, 0.2) is 23.2 Å². The first kappa shape index (κ1) is 9.86. The number of nitrogens with zero attached hydrogens (tertiary/aromatic N) is 1. The van der Waals surface area contributed by atoms with Gasteiger partial charge in [0.15, 0.2) is 5.96 Å². The molecular weight excluding hydrogens is 186 g/mol. The summed E-state index contributed by atoms with van der Waals surface area (Å²) in [5, 5.41) is 0.700. The number of hydrogen-bond donors (Lipinski definition) is 2. The molecule has 0 bridgehead atoms. The average molecular weight is 198 g/mol. The lowest BCUT2D eigenvalue weighted by Crippen LogP contribution is -2.22. The Balaban J connectivity index is 3.14. The summed E-state index contributed by atoms with van der Waals surface area (Å²) in [6.07, 6.45) is 0.854. The fourth-order valence-corrected chi connectivity index (χ4v) is 1.28.